The molecule has 108 valence electrons. The van der Waals surface area contributed by atoms with E-state index in [-0.39, 0.29) is 27.3 Å². The van der Waals surface area contributed by atoms with Crippen molar-refractivity contribution in [3.05, 3.63) is 40.1 Å². The summed E-state index contributed by atoms with van der Waals surface area (Å²) in [6.07, 6.45) is 3.43. The van der Waals surface area contributed by atoms with Gasteiger partial charge in [0.05, 0.1) is 11.2 Å². The number of sulfonamides is 1. The number of aryl methyl sites for hydroxylation is 1. The van der Waals surface area contributed by atoms with Gasteiger partial charge in [-0.05, 0) is 12.1 Å². The molecular weight excluding hydrogens is 325 g/mol. The number of hydrogen-bond acceptors (Lipinski definition) is 4. The first-order chi connectivity index (χ1) is 9.29. The van der Waals surface area contributed by atoms with E-state index >= 15 is 0 Å². The summed E-state index contributed by atoms with van der Waals surface area (Å²) >= 11 is 11.9. The van der Waals surface area contributed by atoms with E-state index in [1.165, 1.54) is 12.1 Å². The van der Waals surface area contributed by atoms with Crippen LogP contribution in [-0.2, 0) is 23.7 Å². The summed E-state index contributed by atoms with van der Waals surface area (Å²) in [4.78, 5) is -0.238. The molecule has 0 atom stereocenters. The molecule has 9 heteroatoms. The van der Waals surface area contributed by atoms with Crippen molar-refractivity contribution in [3.8, 4) is 5.75 Å². The van der Waals surface area contributed by atoms with E-state index in [1.54, 1.807) is 24.1 Å². The lowest BCUT2D eigenvalue weighted by molar-refractivity contribution is 0.306. The van der Waals surface area contributed by atoms with Gasteiger partial charge in [0.1, 0.15) is 22.3 Å². The molecule has 0 unspecified atom stereocenters. The lowest BCUT2D eigenvalue weighted by atomic mass is 10.3. The van der Waals surface area contributed by atoms with Crippen LogP contribution in [-0.4, -0.2) is 18.2 Å². The first-order valence-corrected chi connectivity index (χ1v) is 7.70. The molecule has 0 aliphatic carbocycles. The third kappa shape index (κ3) is 3.24. The summed E-state index contributed by atoms with van der Waals surface area (Å²) in [5.74, 6) is 0.271. The molecule has 1 aromatic carbocycles. The molecule has 0 amide bonds. The fourth-order valence-corrected chi connectivity index (χ4v) is 2.92. The molecule has 0 spiro atoms. The molecule has 0 saturated heterocycles. The third-order valence-corrected chi connectivity index (χ3v) is 4.40. The Bertz CT molecular complexity index is 743. The molecule has 6 nitrogen and oxygen atoms in total. The van der Waals surface area contributed by atoms with Gasteiger partial charge in [-0.25, -0.2) is 13.6 Å². The van der Waals surface area contributed by atoms with Gasteiger partial charge in [-0.15, -0.1) is 0 Å². The summed E-state index contributed by atoms with van der Waals surface area (Å²) in [6, 6.07) is 2.66. The van der Waals surface area contributed by atoms with Crippen LogP contribution in [0.5, 0.6) is 5.75 Å². The average Bonchev–Trinajstić information content (AvgIpc) is 2.75. The van der Waals surface area contributed by atoms with Gasteiger partial charge in [-0.3, -0.25) is 4.68 Å². The van der Waals surface area contributed by atoms with Gasteiger partial charge in [-0.1, -0.05) is 23.2 Å². The second-order valence-electron chi connectivity index (χ2n) is 4.05. The number of nitrogens with zero attached hydrogens (tertiary/aromatic N) is 2. The van der Waals surface area contributed by atoms with Crippen LogP contribution in [0.25, 0.3) is 0 Å². The molecule has 0 aliphatic rings. The van der Waals surface area contributed by atoms with Crippen LogP contribution in [0.15, 0.2) is 29.4 Å². The fraction of sp³-hybridized carbons (Fsp3) is 0.182. The van der Waals surface area contributed by atoms with Crippen LogP contribution < -0.4 is 9.88 Å². The Kier molecular flexibility index (Phi) is 4.24. The molecule has 0 radical (unpaired) electrons. The maximum absolute atomic E-state index is 11.3. The maximum atomic E-state index is 11.3. The highest BCUT2D eigenvalue weighted by Crippen LogP contribution is 2.36. The van der Waals surface area contributed by atoms with Crippen molar-refractivity contribution in [2.45, 2.75) is 11.5 Å². The average molecular weight is 336 g/mol. The van der Waals surface area contributed by atoms with Crippen LogP contribution in [0.3, 0.4) is 0 Å². The number of benzene rings is 1. The number of hydrogen-bond donors (Lipinski definition) is 1. The standard InChI is InChI=1S/C11H11Cl2N3O3S/c1-16-5-7(4-15-16)6-19-8-2-3-9(20(14,17)18)11(13)10(8)12/h2-5H,6H2,1H3,(H2,14,17,18). The molecule has 1 aromatic heterocycles. The van der Waals surface area contributed by atoms with Crippen molar-refractivity contribution < 1.29 is 13.2 Å². The first-order valence-electron chi connectivity index (χ1n) is 5.40. The molecule has 20 heavy (non-hydrogen) atoms. The summed E-state index contributed by atoms with van der Waals surface area (Å²) in [7, 11) is -2.14. The van der Waals surface area contributed by atoms with Crippen molar-refractivity contribution in [2.75, 3.05) is 0 Å². The summed E-state index contributed by atoms with van der Waals surface area (Å²) < 4.78 is 29.7. The number of rotatable bonds is 4. The van der Waals surface area contributed by atoms with Crippen molar-refractivity contribution in [1.82, 2.24) is 9.78 Å². The van der Waals surface area contributed by atoms with Crippen molar-refractivity contribution in [1.29, 1.82) is 0 Å². The summed E-state index contributed by atoms with van der Waals surface area (Å²) in [6.45, 7) is 0.235. The van der Waals surface area contributed by atoms with Crippen molar-refractivity contribution in [2.24, 2.45) is 12.2 Å². The fourth-order valence-electron chi connectivity index (χ4n) is 1.55. The normalized spacial score (nSPS) is 11.6. The van der Waals surface area contributed by atoms with Crippen LogP contribution in [0.2, 0.25) is 10.0 Å². The van der Waals surface area contributed by atoms with Gasteiger partial charge >= 0.3 is 0 Å². The van der Waals surface area contributed by atoms with Gasteiger partial charge in [-0.2, -0.15) is 5.10 Å². The Balaban J connectivity index is 2.24. The summed E-state index contributed by atoms with van der Waals surface area (Å²) in [5.41, 5.74) is 0.843. The van der Waals surface area contributed by atoms with E-state index in [2.05, 4.69) is 5.10 Å². The van der Waals surface area contributed by atoms with Crippen LogP contribution >= 0.6 is 23.2 Å². The smallest absolute Gasteiger partial charge is 0.239 e. The minimum atomic E-state index is -3.92. The highest BCUT2D eigenvalue weighted by atomic mass is 35.5. The Hall–Kier alpha value is -1.28. The molecule has 2 rings (SSSR count). The first kappa shape index (κ1) is 15.1. The highest BCUT2D eigenvalue weighted by molar-refractivity contribution is 7.89. The molecule has 0 saturated carbocycles. The van der Waals surface area contributed by atoms with Gasteiger partial charge in [0, 0.05) is 18.8 Å². The largest absolute Gasteiger partial charge is 0.487 e. The summed E-state index contributed by atoms with van der Waals surface area (Å²) in [5, 5.41) is 8.87. The van der Waals surface area contributed by atoms with Crippen LogP contribution in [0, 0.1) is 0 Å². The SMILES string of the molecule is Cn1cc(COc2ccc(S(N)(=O)=O)c(Cl)c2Cl)cn1. The van der Waals surface area contributed by atoms with Gasteiger partial charge in [0.15, 0.2) is 0 Å². The van der Waals surface area contributed by atoms with Crippen LogP contribution in [0.1, 0.15) is 5.56 Å². The second kappa shape index (κ2) is 5.61. The second-order valence-corrected chi connectivity index (χ2v) is 6.33. The minimum absolute atomic E-state index is 0.00193. The number of nitrogens with two attached hydrogens (primary N) is 1. The molecule has 2 N–H and O–H groups in total. The Morgan fingerprint density at radius 3 is 2.60 bits per heavy atom. The van der Waals surface area contributed by atoms with Crippen molar-refractivity contribution in [3.63, 3.8) is 0 Å². The topological polar surface area (TPSA) is 87.2 Å². The van der Waals surface area contributed by atoms with Gasteiger partial charge < -0.3 is 4.74 Å². The molecular formula is C11H11Cl2N3O3S. The zero-order valence-corrected chi connectivity index (χ0v) is 12.7. The number of primary sulfonamides is 1. The number of ether oxygens (including phenoxy) is 1. The molecule has 0 aliphatic heterocycles. The Labute approximate surface area is 126 Å². The highest BCUT2D eigenvalue weighted by Gasteiger charge is 2.18. The Morgan fingerprint density at radius 2 is 2.05 bits per heavy atom. The molecule has 2 aromatic rings. The van der Waals surface area contributed by atoms with Gasteiger partial charge in [0.25, 0.3) is 0 Å². The van der Waals surface area contributed by atoms with Crippen molar-refractivity contribution >= 4 is 33.2 Å². The Morgan fingerprint density at radius 1 is 1.35 bits per heavy atom. The van der Waals surface area contributed by atoms with E-state index in [0.29, 0.717) is 0 Å². The predicted octanol–water partition coefficient (Wildman–Crippen LogP) is 1.95. The van der Waals surface area contributed by atoms with E-state index in [0.717, 1.165) is 5.56 Å². The minimum Gasteiger partial charge on any atom is -0.487 e. The van der Waals surface area contributed by atoms with E-state index in [9.17, 15) is 8.42 Å². The lowest BCUT2D eigenvalue weighted by Gasteiger charge is -2.10. The predicted molar refractivity (Wildman–Crippen MR) is 75.4 cm³/mol. The third-order valence-electron chi connectivity index (χ3n) is 2.47. The van der Waals surface area contributed by atoms with Crippen LogP contribution in [0.4, 0.5) is 0 Å². The van der Waals surface area contributed by atoms with E-state index in [4.69, 9.17) is 33.1 Å². The number of halogens is 2. The maximum Gasteiger partial charge on any atom is 0.239 e. The molecule has 0 bridgehead atoms. The zero-order valence-electron chi connectivity index (χ0n) is 10.4. The zero-order chi connectivity index (χ0) is 14.9. The molecule has 0 fully saturated rings. The lowest BCUT2D eigenvalue weighted by Crippen LogP contribution is -2.13. The monoisotopic (exact) mass is 335 g/mol. The van der Waals surface area contributed by atoms with E-state index in [1.807, 2.05) is 0 Å². The van der Waals surface area contributed by atoms with E-state index < -0.39 is 10.0 Å². The quantitative estimate of drug-likeness (QED) is 0.924. The molecule has 1 heterocycles. The van der Waals surface area contributed by atoms with Gasteiger partial charge in [0.2, 0.25) is 10.0 Å². The number of aromatic nitrogens is 2.